The summed E-state index contributed by atoms with van der Waals surface area (Å²) < 4.78 is 10.7. The van der Waals surface area contributed by atoms with E-state index in [-0.39, 0.29) is 43.2 Å². The number of unbranched alkanes of at least 4 members (excludes halogenated alkanes) is 1. The smallest absolute Gasteiger partial charge is 0.326 e. The summed E-state index contributed by atoms with van der Waals surface area (Å²) in [7, 11) is 0. The van der Waals surface area contributed by atoms with Crippen molar-refractivity contribution in [1.29, 1.82) is 0 Å². The first-order valence-corrected chi connectivity index (χ1v) is 19.2. The van der Waals surface area contributed by atoms with Gasteiger partial charge in [0.2, 0.25) is 11.8 Å². The highest BCUT2D eigenvalue weighted by Gasteiger charge is 2.43. The number of aliphatic carboxylic acids is 2. The number of carboxylic acids is 2. The summed E-state index contributed by atoms with van der Waals surface area (Å²) in [5.74, 6) is -1.67. The van der Waals surface area contributed by atoms with Gasteiger partial charge < -0.3 is 46.3 Å². The Morgan fingerprint density at radius 3 is 2.04 bits per heavy atom. The Balaban J connectivity index is 0.000000285. The van der Waals surface area contributed by atoms with Crippen LogP contribution >= 0.6 is 24.4 Å². The molecule has 15 nitrogen and oxygen atoms in total. The predicted octanol–water partition coefficient (Wildman–Crippen LogP) is 2.05. The number of thioether (sulfide) groups is 1. The summed E-state index contributed by atoms with van der Waals surface area (Å²) in [5.41, 5.74) is 5.40. The number of fused-ring (bicyclic) bond motifs is 1. The van der Waals surface area contributed by atoms with Crippen LogP contribution in [0.25, 0.3) is 0 Å². The van der Waals surface area contributed by atoms with Crippen LogP contribution in [-0.2, 0) is 28.8 Å². The van der Waals surface area contributed by atoms with E-state index in [1.54, 1.807) is 48.2 Å². The Morgan fingerprint density at radius 1 is 0.849 bits per heavy atom. The molecule has 2 saturated heterocycles. The zero-order chi connectivity index (χ0) is 38.6. The van der Waals surface area contributed by atoms with E-state index in [0.717, 1.165) is 12.8 Å². The van der Waals surface area contributed by atoms with E-state index >= 15 is 0 Å². The molecule has 7 N–H and O–H groups in total. The average molecular weight is 776 g/mol. The predicted molar refractivity (Wildman–Crippen MR) is 202 cm³/mol. The largest absolute Gasteiger partial charge is 0.484 e. The number of nitrogens with zero attached hydrogens (tertiary/aromatic N) is 1. The van der Waals surface area contributed by atoms with Crippen LogP contribution in [0.15, 0.2) is 60.7 Å². The number of hydrogen-bond donors (Lipinski definition) is 7. The molecule has 2 aromatic carbocycles. The maximum atomic E-state index is 12.9. The van der Waals surface area contributed by atoms with Gasteiger partial charge in [-0.3, -0.25) is 19.2 Å². The number of para-hydroxylation sites is 2. The van der Waals surface area contributed by atoms with Crippen molar-refractivity contribution < 1.29 is 48.5 Å². The van der Waals surface area contributed by atoms with Crippen LogP contribution < -0.4 is 31.2 Å². The Labute approximate surface area is 318 Å². The van der Waals surface area contributed by atoms with Crippen molar-refractivity contribution in [3.63, 3.8) is 0 Å². The quantitative estimate of drug-likeness (QED) is 0.0854. The second-order valence-electron chi connectivity index (χ2n) is 12.3. The van der Waals surface area contributed by atoms with Crippen LogP contribution in [0.4, 0.5) is 0 Å². The van der Waals surface area contributed by atoms with Crippen LogP contribution in [0, 0.1) is 0 Å². The standard InChI is InChI=1S/C18H27N3O5S.C18H22N2O5S/c19-10-5-4-8-15(18(24)25)21-17(23)14(9-11-27)20-16(22)12-26-13-6-2-1-3-7-13;21-15(11-25-12-5-2-1-3-6-12)19-13-9-10-26-16-8-4-7-14(18(23)24)20(16)17(13)22/h1-3,6-7,14-15,27H,4-5,8-12,19H2,(H,20,22)(H,21,23)(H,24,25);1-3,5-6,13-14,16H,4,7-11H2,(H,19,21)(H,23,24)/t14-,15-;13-,14-,16?/m00/s1. The molecule has 0 saturated carbocycles. The number of benzene rings is 2. The van der Waals surface area contributed by atoms with Gasteiger partial charge in [0.15, 0.2) is 13.2 Å². The third-order valence-corrected chi connectivity index (χ3v) is 9.90. The molecular weight excluding hydrogens is 727 g/mol. The zero-order valence-electron chi connectivity index (χ0n) is 29.4. The number of amides is 4. The number of thiol groups is 1. The highest BCUT2D eigenvalue weighted by atomic mass is 32.2. The normalized spacial score (nSPS) is 19.1. The van der Waals surface area contributed by atoms with Crippen LogP contribution in [0.1, 0.15) is 51.4 Å². The zero-order valence-corrected chi connectivity index (χ0v) is 31.1. The van der Waals surface area contributed by atoms with Crippen molar-refractivity contribution in [2.75, 3.05) is 31.3 Å². The molecule has 0 aliphatic carbocycles. The lowest BCUT2D eigenvalue weighted by Gasteiger charge is -2.39. The molecule has 0 radical (unpaired) electrons. The number of nitrogens with one attached hydrogen (secondary N) is 3. The van der Waals surface area contributed by atoms with E-state index in [1.165, 1.54) is 4.90 Å². The summed E-state index contributed by atoms with van der Waals surface area (Å²) in [6.45, 7) is 0.0198. The summed E-state index contributed by atoms with van der Waals surface area (Å²) in [5, 5.41) is 26.3. The Kier molecular flexibility index (Phi) is 18.8. The van der Waals surface area contributed by atoms with E-state index in [2.05, 4.69) is 28.6 Å². The minimum Gasteiger partial charge on any atom is -0.484 e. The fourth-order valence-corrected chi connectivity index (χ4v) is 7.30. The van der Waals surface area contributed by atoms with Crippen molar-refractivity contribution in [2.45, 2.75) is 80.9 Å². The molecule has 0 spiro atoms. The van der Waals surface area contributed by atoms with E-state index in [4.69, 9.17) is 15.2 Å². The molecule has 2 aromatic rings. The van der Waals surface area contributed by atoms with Crippen LogP contribution in [-0.4, -0.2) is 111 Å². The van der Waals surface area contributed by atoms with Crippen molar-refractivity contribution in [3.8, 4) is 11.5 Å². The van der Waals surface area contributed by atoms with Gasteiger partial charge >= 0.3 is 11.9 Å². The van der Waals surface area contributed by atoms with E-state index < -0.39 is 47.9 Å². The summed E-state index contributed by atoms with van der Waals surface area (Å²) in [4.78, 5) is 73.9. The molecule has 2 fully saturated rings. The molecule has 4 rings (SSSR count). The molecule has 0 aromatic heterocycles. The molecule has 5 atom stereocenters. The number of ether oxygens (including phenoxy) is 2. The SMILES string of the molecule is NCCCC[C@H](NC(=O)[C@H](CCS)NC(=O)COc1ccccc1)C(=O)O.O=C(COc1ccccc1)N[C@H]1CCSC2CCC[C@@H](C(=O)O)N2C1=O. The maximum Gasteiger partial charge on any atom is 0.326 e. The van der Waals surface area contributed by atoms with Crippen molar-refractivity contribution >= 4 is 60.0 Å². The third-order valence-electron chi connectivity index (χ3n) is 8.32. The minimum atomic E-state index is -1.12. The summed E-state index contributed by atoms with van der Waals surface area (Å²) >= 11 is 5.69. The first-order valence-electron chi connectivity index (χ1n) is 17.5. The highest BCUT2D eigenvalue weighted by Crippen LogP contribution is 2.34. The minimum absolute atomic E-state index is 0.125. The Hall–Kier alpha value is -4.48. The van der Waals surface area contributed by atoms with Gasteiger partial charge in [0, 0.05) is 0 Å². The third kappa shape index (κ3) is 14.8. The highest BCUT2D eigenvalue weighted by molar-refractivity contribution is 7.99. The Morgan fingerprint density at radius 2 is 1.47 bits per heavy atom. The van der Waals surface area contributed by atoms with Gasteiger partial charge in [-0.2, -0.15) is 12.6 Å². The van der Waals surface area contributed by atoms with E-state index in [1.807, 2.05) is 24.3 Å². The number of rotatable bonds is 18. The van der Waals surface area contributed by atoms with Gasteiger partial charge in [-0.1, -0.05) is 36.4 Å². The van der Waals surface area contributed by atoms with Crippen molar-refractivity contribution in [1.82, 2.24) is 20.9 Å². The summed E-state index contributed by atoms with van der Waals surface area (Å²) in [6.07, 6.45) is 4.32. The first kappa shape index (κ1) is 42.9. The van der Waals surface area contributed by atoms with Crippen LogP contribution in [0.5, 0.6) is 11.5 Å². The first-order chi connectivity index (χ1) is 25.5. The van der Waals surface area contributed by atoms with Gasteiger partial charge in [0.1, 0.15) is 35.7 Å². The second-order valence-corrected chi connectivity index (χ2v) is 14.0. The lowest BCUT2D eigenvalue weighted by atomic mass is 10.0. The number of carbonyl (C=O) groups is 6. The molecular formula is C36H49N5O10S2. The molecule has 290 valence electrons. The topological polar surface area (TPSA) is 227 Å². The van der Waals surface area contributed by atoms with Crippen molar-refractivity contribution in [2.24, 2.45) is 5.73 Å². The lowest BCUT2D eigenvalue weighted by molar-refractivity contribution is -0.154. The van der Waals surface area contributed by atoms with Gasteiger partial charge in [-0.05, 0) is 93.7 Å². The average Bonchev–Trinajstić information content (AvgIpc) is 3.31. The molecule has 53 heavy (non-hydrogen) atoms. The maximum absolute atomic E-state index is 12.9. The number of nitrogens with two attached hydrogens (primary N) is 1. The molecule has 2 heterocycles. The monoisotopic (exact) mass is 775 g/mol. The van der Waals surface area contributed by atoms with Crippen LogP contribution in [0.3, 0.4) is 0 Å². The number of piperidine rings is 1. The number of carboxylic acid groups (broad SMARTS) is 2. The molecule has 1 unspecified atom stereocenters. The molecule has 0 bridgehead atoms. The van der Waals surface area contributed by atoms with Gasteiger partial charge in [-0.15, -0.1) is 11.8 Å². The Bertz CT molecular complexity index is 1490. The molecule has 17 heteroatoms. The van der Waals surface area contributed by atoms with E-state index in [0.29, 0.717) is 55.2 Å². The van der Waals surface area contributed by atoms with E-state index in [9.17, 15) is 39.0 Å². The van der Waals surface area contributed by atoms with Crippen LogP contribution in [0.2, 0.25) is 0 Å². The summed E-state index contributed by atoms with van der Waals surface area (Å²) in [6, 6.07) is 14.3. The van der Waals surface area contributed by atoms with Crippen molar-refractivity contribution in [3.05, 3.63) is 60.7 Å². The second kappa shape index (κ2) is 23.2. The van der Waals surface area contributed by atoms with Gasteiger partial charge in [0.05, 0.1) is 5.37 Å². The molecule has 2 aliphatic rings. The molecule has 4 amide bonds. The fraction of sp³-hybridized carbons (Fsp3) is 0.500. The fourth-order valence-electron chi connectivity index (χ4n) is 5.65. The lowest BCUT2D eigenvalue weighted by Crippen LogP contribution is -2.57. The van der Waals surface area contributed by atoms with Gasteiger partial charge in [0.25, 0.3) is 11.8 Å². The van der Waals surface area contributed by atoms with Gasteiger partial charge in [-0.25, -0.2) is 9.59 Å². The number of hydrogen-bond acceptors (Lipinski definition) is 11. The molecule has 2 aliphatic heterocycles. The number of carbonyl (C=O) groups excluding carboxylic acids is 4.